The van der Waals surface area contributed by atoms with Crippen LogP contribution >= 0.6 is 12.6 Å². The fourth-order valence-corrected chi connectivity index (χ4v) is 1.75. The summed E-state index contributed by atoms with van der Waals surface area (Å²) in [5.74, 6) is -0.170. The molecule has 0 fully saturated rings. The fraction of sp³-hybridized carbons (Fsp3) is 0.857. The molecule has 0 saturated heterocycles. The van der Waals surface area contributed by atoms with E-state index in [-0.39, 0.29) is 25.0 Å². The number of esters is 2. The van der Waals surface area contributed by atoms with E-state index in [1.54, 1.807) is 4.90 Å². The number of ether oxygens (including phenoxy) is 2. The van der Waals surface area contributed by atoms with Gasteiger partial charge >= 0.3 is 11.9 Å². The van der Waals surface area contributed by atoms with Crippen LogP contribution in [0.3, 0.4) is 0 Å². The first kappa shape index (κ1) is 19.2. The van der Waals surface area contributed by atoms with Gasteiger partial charge < -0.3 is 9.47 Å². The molecule has 0 aliphatic heterocycles. The van der Waals surface area contributed by atoms with E-state index in [0.717, 1.165) is 0 Å². The highest BCUT2D eigenvalue weighted by Crippen LogP contribution is 2.09. The van der Waals surface area contributed by atoms with Crippen molar-refractivity contribution in [1.82, 2.24) is 4.90 Å². The van der Waals surface area contributed by atoms with Crippen LogP contribution in [0.4, 0.5) is 0 Å². The number of hydrogen-bond donors (Lipinski definition) is 1. The number of hydrogen-bond acceptors (Lipinski definition) is 6. The zero-order valence-electron chi connectivity index (χ0n) is 13.4. The van der Waals surface area contributed by atoms with E-state index in [2.05, 4.69) is 12.6 Å². The standard InChI is InChI=1S/C14H27NO4S/c1-13(2,3)18-11(16)9-15(7-8-20)10-12(17)19-14(4,5)6/h20H,7-10H2,1-6H3. The van der Waals surface area contributed by atoms with Crippen molar-refractivity contribution in [1.29, 1.82) is 0 Å². The maximum absolute atomic E-state index is 11.8. The molecular formula is C14H27NO4S. The van der Waals surface area contributed by atoms with Gasteiger partial charge in [-0.25, -0.2) is 0 Å². The summed E-state index contributed by atoms with van der Waals surface area (Å²) < 4.78 is 10.5. The zero-order chi connectivity index (χ0) is 16.0. The van der Waals surface area contributed by atoms with E-state index in [0.29, 0.717) is 12.3 Å². The van der Waals surface area contributed by atoms with Gasteiger partial charge in [0.1, 0.15) is 11.2 Å². The summed E-state index contributed by atoms with van der Waals surface area (Å²) in [7, 11) is 0. The molecule has 0 amide bonds. The molecule has 0 atom stereocenters. The first-order chi connectivity index (χ1) is 8.93. The average Bonchev–Trinajstić information content (AvgIpc) is 2.10. The SMILES string of the molecule is CC(C)(C)OC(=O)CN(CCS)CC(=O)OC(C)(C)C. The Balaban J connectivity index is 4.43. The molecule has 0 aromatic heterocycles. The normalized spacial score (nSPS) is 12.4. The van der Waals surface area contributed by atoms with Gasteiger partial charge in [0.25, 0.3) is 0 Å². The second-order valence-electron chi connectivity index (χ2n) is 6.61. The van der Waals surface area contributed by atoms with Crippen molar-refractivity contribution in [2.24, 2.45) is 0 Å². The highest BCUT2D eigenvalue weighted by atomic mass is 32.1. The summed E-state index contributed by atoms with van der Waals surface area (Å²) in [4.78, 5) is 25.2. The maximum Gasteiger partial charge on any atom is 0.320 e. The molecule has 0 heterocycles. The van der Waals surface area contributed by atoms with Crippen LogP contribution in [0.5, 0.6) is 0 Å². The minimum Gasteiger partial charge on any atom is -0.459 e. The highest BCUT2D eigenvalue weighted by molar-refractivity contribution is 7.80. The number of nitrogens with zero attached hydrogens (tertiary/aromatic N) is 1. The highest BCUT2D eigenvalue weighted by Gasteiger charge is 2.22. The third-order valence-electron chi connectivity index (χ3n) is 1.96. The van der Waals surface area contributed by atoms with E-state index in [4.69, 9.17) is 9.47 Å². The van der Waals surface area contributed by atoms with E-state index in [1.807, 2.05) is 41.5 Å². The molecule has 0 aromatic rings. The Morgan fingerprint density at radius 1 is 0.900 bits per heavy atom. The number of rotatable bonds is 6. The second-order valence-corrected chi connectivity index (χ2v) is 7.05. The molecule has 0 aliphatic carbocycles. The fourth-order valence-electron chi connectivity index (χ4n) is 1.47. The summed E-state index contributed by atoms with van der Waals surface area (Å²) in [5.41, 5.74) is -1.06. The lowest BCUT2D eigenvalue weighted by molar-refractivity contribution is -0.159. The van der Waals surface area contributed by atoms with Gasteiger partial charge in [-0.1, -0.05) is 0 Å². The zero-order valence-corrected chi connectivity index (χ0v) is 14.3. The minimum absolute atomic E-state index is 0.0527. The average molecular weight is 305 g/mol. The molecule has 5 nitrogen and oxygen atoms in total. The van der Waals surface area contributed by atoms with Crippen molar-refractivity contribution in [3.8, 4) is 0 Å². The number of carbonyl (C=O) groups excluding carboxylic acids is 2. The summed E-state index contributed by atoms with van der Waals surface area (Å²) >= 11 is 4.13. The quantitative estimate of drug-likeness (QED) is 0.600. The molecular weight excluding hydrogens is 278 g/mol. The van der Waals surface area contributed by atoms with Crippen molar-refractivity contribution in [3.63, 3.8) is 0 Å². The van der Waals surface area contributed by atoms with Crippen molar-refractivity contribution in [2.45, 2.75) is 52.7 Å². The summed E-state index contributed by atoms with van der Waals surface area (Å²) in [6, 6.07) is 0. The minimum atomic E-state index is -0.532. The molecule has 118 valence electrons. The van der Waals surface area contributed by atoms with E-state index >= 15 is 0 Å². The Kier molecular flexibility index (Phi) is 7.59. The van der Waals surface area contributed by atoms with Gasteiger partial charge in [0.05, 0.1) is 13.1 Å². The van der Waals surface area contributed by atoms with Gasteiger partial charge in [-0.15, -0.1) is 0 Å². The Hall–Kier alpha value is -0.750. The summed E-state index contributed by atoms with van der Waals surface area (Å²) in [6.07, 6.45) is 0. The van der Waals surface area contributed by atoms with E-state index in [1.165, 1.54) is 0 Å². The first-order valence-corrected chi connectivity index (χ1v) is 7.33. The van der Waals surface area contributed by atoms with Crippen LogP contribution in [0.2, 0.25) is 0 Å². The van der Waals surface area contributed by atoms with Gasteiger partial charge in [-0.3, -0.25) is 14.5 Å². The van der Waals surface area contributed by atoms with E-state index < -0.39 is 11.2 Å². The molecule has 0 spiro atoms. The largest absolute Gasteiger partial charge is 0.459 e. The molecule has 0 aliphatic rings. The molecule has 0 bridgehead atoms. The van der Waals surface area contributed by atoms with Crippen LogP contribution in [-0.2, 0) is 19.1 Å². The lowest BCUT2D eigenvalue weighted by atomic mass is 10.2. The Labute approximate surface area is 127 Å². The first-order valence-electron chi connectivity index (χ1n) is 6.70. The third kappa shape index (κ3) is 11.1. The van der Waals surface area contributed by atoms with Gasteiger partial charge in [0, 0.05) is 12.3 Å². The molecule has 0 radical (unpaired) electrons. The van der Waals surface area contributed by atoms with Crippen molar-refractivity contribution >= 4 is 24.6 Å². The summed E-state index contributed by atoms with van der Waals surface area (Å²) in [6.45, 7) is 11.5. The molecule has 6 heteroatoms. The maximum atomic E-state index is 11.8. The predicted octanol–water partition coefficient (Wildman–Crippen LogP) is 1.90. The lowest BCUT2D eigenvalue weighted by Gasteiger charge is -2.25. The van der Waals surface area contributed by atoms with Crippen molar-refractivity contribution in [2.75, 3.05) is 25.4 Å². The summed E-state index contributed by atoms with van der Waals surface area (Å²) in [5, 5.41) is 0. The molecule has 20 heavy (non-hydrogen) atoms. The topological polar surface area (TPSA) is 55.8 Å². The molecule has 0 N–H and O–H groups in total. The predicted molar refractivity (Wildman–Crippen MR) is 82.0 cm³/mol. The van der Waals surface area contributed by atoms with Gasteiger partial charge in [-0.2, -0.15) is 12.6 Å². The molecule has 0 unspecified atom stereocenters. The van der Waals surface area contributed by atoms with Crippen LogP contribution in [-0.4, -0.2) is 53.4 Å². The van der Waals surface area contributed by atoms with Gasteiger partial charge in [0.2, 0.25) is 0 Å². The molecule has 0 aromatic carbocycles. The van der Waals surface area contributed by atoms with Gasteiger partial charge in [0.15, 0.2) is 0 Å². The van der Waals surface area contributed by atoms with Gasteiger partial charge in [-0.05, 0) is 41.5 Å². The second kappa shape index (κ2) is 7.88. The third-order valence-corrected chi connectivity index (χ3v) is 2.16. The van der Waals surface area contributed by atoms with Crippen molar-refractivity contribution < 1.29 is 19.1 Å². The van der Waals surface area contributed by atoms with Crippen LogP contribution in [0.1, 0.15) is 41.5 Å². The number of carbonyl (C=O) groups is 2. The molecule has 0 rings (SSSR count). The van der Waals surface area contributed by atoms with Crippen LogP contribution in [0.25, 0.3) is 0 Å². The Morgan fingerprint density at radius 2 is 1.25 bits per heavy atom. The number of thiol groups is 1. The smallest absolute Gasteiger partial charge is 0.320 e. The van der Waals surface area contributed by atoms with E-state index in [9.17, 15) is 9.59 Å². The Morgan fingerprint density at radius 3 is 1.50 bits per heavy atom. The Bertz CT molecular complexity index is 301. The van der Waals surface area contributed by atoms with Crippen LogP contribution in [0, 0.1) is 0 Å². The molecule has 0 saturated carbocycles. The van der Waals surface area contributed by atoms with Crippen LogP contribution in [0.15, 0.2) is 0 Å². The monoisotopic (exact) mass is 305 g/mol. The van der Waals surface area contributed by atoms with Crippen molar-refractivity contribution in [3.05, 3.63) is 0 Å². The lowest BCUT2D eigenvalue weighted by Crippen LogP contribution is -2.40. The van der Waals surface area contributed by atoms with Crippen LogP contribution < -0.4 is 0 Å².